The van der Waals surface area contributed by atoms with Crippen LogP contribution in [0.3, 0.4) is 0 Å². The predicted octanol–water partition coefficient (Wildman–Crippen LogP) is 5.55. The van der Waals surface area contributed by atoms with Gasteiger partial charge in [-0.25, -0.2) is 4.98 Å². The number of amides is 1. The van der Waals surface area contributed by atoms with E-state index in [9.17, 15) is 4.79 Å². The van der Waals surface area contributed by atoms with E-state index in [-0.39, 0.29) is 24.2 Å². The average Bonchev–Trinajstić information content (AvgIpc) is 3.40. The van der Waals surface area contributed by atoms with Gasteiger partial charge in [-0.2, -0.15) is 11.3 Å². The Kier molecular flexibility index (Phi) is 6.14. The van der Waals surface area contributed by atoms with Crippen molar-refractivity contribution in [2.75, 3.05) is 13.7 Å². The van der Waals surface area contributed by atoms with E-state index in [1.165, 1.54) is 0 Å². The molecule has 176 valence electrons. The monoisotopic (exact) mass is 469 g/mol. The molecule has 0 atom stereocenters. The average molecular weight is 470 g/mol. The maximum Gasteiger partial charge on any atom is 0.274 e. The molecule has 0 saturated carbocycles. The van der Waals surface area contributed by atoms with Gasteiger partial charge in [-0.1, -0.05) is 0 Å². The zero-order chi connectivity index (χ0) is 23.9. The summed E-state index contributed by atoms with van der Waals surface area (Å²) in [4.78, 5) is 20.0. The highest BCUT2D eigenvalue weighted by atomic mass is 32.1. The molecule has 1 aromatic carbocycles. The first-order valence-electron chi connectivity index (χ1n) is 11.1. The van der Waals surface area contributed by atoms with Crippen molar-refractivity contribution in [3.63, 3.8) is 0 Å². The van der Waals surface area contributed by atoms with Crippen LogP contribution in [0.5, 0.6) is 17.2 Å². The lowest BCUT2D eigenvalue weighted by atomic mass is 10.1. The number of hydrogen-bond donors (Lipinski definition) is 0. The highest BCUT2D eigenvalue weighted by Gasteiger charge is 2.34. The fourth-order valence-electron chi connectivity index (χ4n) is 3.65. The van der Waals surface area contributed by atoms with E-state index in [1.54, 1.807) is 23.3 Å². The van der Waals surface area contributed by atoms with Crippen LogP contribution in [0.15, 0.2) is 29.0 Å². The first-order valence-corrected chi connectivity index (χ1v) is 12.1. The molecule has 1 aliphatic rings. The van der Waals surface area contributed by atoms with Gasteiger partial charge in [-0.15, -0.1) is 0 Å². The molecule has 0 spiro atoms. The van der Waals surface area contributed by atoms with E-state index in [4.69, 9.17) is 19.2 Å². The first-order chi connectivity index (χ1) is 15.6. The van der Waals surface area contributed by atoms with Crippen LogP contribution in [0.25, 0.3) is 17.1 Å². The molecular weight excluding hydrogens is 438 g/mol. The van der Waals surface area contributed by atoms with Crippen LogP contribution in [0.2, 0.25) is 0 Å². The highest BCUT2D eigenvalue weighted by molar-refractivity contribution is 7.08. The van der Waals surface area contributed by atoms with Gasteiger partial charge in [-0.3, -0.25) is 9.36 Å². The third-order valence-electron chi connectivity index (χ3n) is 5.56. The quantitative estimate of drug-likeness (QED) is 0.474. The molecule has 7 nitrogen and oxygen atoms in total. The number of carbonyl (C=O) groups is 1. The molecule has 0 unspecified atom stereocenters. The standard InChI is InChI=1S/C25H31N3O4S/c1-8-30-20-12-19-17(11-21(20)32-15(2)3)28-18(13-31-19)22(24(29)27(7)25(4,5)6)26-23(28)16-9-10-33-14-16/h9-12,14-15H,8,13H2,1-7H3. The molecule has 3 heterocycles. The minimum Gasteiger partial charge on any atom is -0.490 e. The van der Waals surface area contributed by atoms with Gasteiger partial charge in [0.1, 0.15) is 18.2 Å². The van der Waals surface area contributed by atoms with E-state index in [1.807, 2.05) is 75.1 Å². The number of imidazole rings is 1. The number of fused-ring (bicyclic) bond motifs is 3. The lowest BCUT2D eigenvalue weighted by Gasteiger charge is -2.32. The van der Waals surface area contributed by atoms with Crippen molar-refractivity contribution in [2.24, 2.45) is 0 Å². The van der Waals surface area contributed by atoms with Crippen molar-refractivity contribution in [1.82, 2.24) is 14.5 Å². The van der Waals surface area contributed by atoms with Crippen LogP contribution in [-0.2, 0) is 6.61 Å². The molecule has 0 aliphatic carbocycles. The number of rotatable bonds is 6. The summed E-state index contributed by atoms with van der Waals surface area (Å²) in [6, 6.07) is 5.79. The molecule has 2 aromatic heterocycles. The fourth-order valence-corrected chi connectivity index (χ4v) is 4.28. The molecule has 0 bridgehead atoms. The number of nitrogens with zero attached hydrogens (tertiary/aromatic N) is 3. The van der Waals surface area contributed by atoms with Crippen LogP contribution in [-0.4, -0.2) is 45.7 Å². The Morgan fingerprint density at radius 3 is 2.67 bits per heavy atom. The topological polar surface area (TPSA) is 65.8 Å². The zero-order valence-corrected chi connectivity index (χ0v) is 21.1. The largest absolute Gasteiger partial charge is 0.490 e. The van der Waals surface area contributed by atoms with Gasteiger partial charge in [0, 0.05) is 35.7 Å². The molecule has 8 heteroatoms. The maximum absolute atomic E-state index is 13.5. The predicted molar refractivity (Wildman–Crippen MR) is 130 cm³/mol. The van der Waals surface area contributed by atoms with Gasteiger partial charge in [0.25, 0.3) is 5.91 Å². The minimum absolute atomic E-state index is 0.0251. The van der Waals surface area contributed by atoms with Crippen LogP contribution in [0.1, 0.15) is 57.7 Å². The smallest absolute Gasteiger partial charge is 0.274 e. The Balaban J connectivity index is 1.93. The van der Waals surface area contributed by atoms with E-state index in [2.05, 4.69) is 0 Å². The molecule has 0 N–H and O–H groups in total. The second-order valence-electron chi connectivity index (χ2n) is 9.27. The van der Waals surface area contributed by atoms with Gasteiger partial charge < -0.3 is 19.1 Å². The first kappa shape index (κ1) is 23.2. The summed E-state index contributed by atoms with van der Waals surface area (Å²) in [7, 11) is 1.80. The summed E-state index contributed by atoms with van der Waals surface area (Å²) in [6.45, 7) is 12.7. The van der Waals surface area contributed by atoms with E-state index in [0.717, 1.165) is 16.9 Å². The van der Waals surface area contributed by atoms with Crippen molar-refractivity contribution < 1.29 is 19.0 Å². The second-order valence-corrected chi connectivity index (χ2v) is 10.0. The summed E-state index contributed by atoms with van der Waals surface area (Å²) in [6.07, 6.45) is -0.0251. The van der Waals surface area contributed by atoms with Gasteiger partial charge in [-0.05, 0) is 53.0 Å². The van der Waals surface area contributed by atoms with Crippen molar-refractivity contribution >= 4 is 17.2 Å². The Hall–Kier alpha value is -3.00. The Morgan fingerprint density at radius 2 is 2.06 bits per heavy atom. The third-order valence-corrected chi connectivity index (χ3v) is 6.24. The van der Waals surface area contributed by atoms with Gasteiger partial charge in [0.15, 0.2) is 17.2 Å². The van der Waals surface area contributed by atoms with Crippen molar-refractivity contribution in [3.8, 4) is 34.3 Å². The zero-order valence-electron chi connectivity index (χ0n) is 20.3. The number of carbonyl (C=O) groups excluding carboxylic acids is 1. The maximum atomic E-state index is 13.5. The van der Waals surface area contributed by atoms with Gasteiger partial charge in [0.05, 0.1) is 24.1 Å². The van der Waals surface area contributed by atoms with Crippen molar-refractivity contribution in [2.45, 2.75) is 59.8 Å². The lowest BCUT2D eigenvalue weighted by molar-refractivity contribution is 0.0646. The molecule has 3 aromatic rings. The molecule has 0 fully saturated rings. The summed E-state index contributed by atoms with van der Waals surface area (Å²) >= 11 is 1.59. The van der Waals surface area contributed by atoms with Crippen LogP contribution in [0.4, 0.5) is 0 Å². The van der Waals surface area contributed by atoms with Crippen LogP contribution >= 0.6 is 11.3 Å². The fraction of sp³-hybridized carbons (Fsp3) is 0.440. The van der Waals surface area contributed by atoms with Crippen LogP contribution in [0, 0.1) is 0 Å². The minimum atomic E-state index is -0.339. The molecule has 33 heavy (non-hydrogen) atoms. The summed E-state index contributed by atoms with van der Waals surface area (Å²) < 4.78 is 20.0. The van der Waals surface area contributed by atoms with Gasteiger partial charge >= 0.3 is 0 Å². The summed E-state index contributed by atoms with van der Waals surface area (Å²) in [5.74, 6) is 2.51. The number of hydrogen-bond acceptors (Lipinski definition) is 6. The molecule has 0 radical (unpaired) electrons. The molecule has 1 aliphatic heterocycles. The van der Waals surface area contributed by atoms with E-state index in [0.29, 0.717) is 35.4 Å². The van der Waals surface area contributed by atoms with Crippen LogP contribution < -0.4 is 14.2 Å². The van der Waals surface area contributed by atoms with Crippen molar-refractivity contribution in [3.05, 3.63) is 40.3 Å². The third kappa shape index (κ3) is 4.31. The molecule has 4 rings (SSSR count). The Bertz CT molecular complexity index is 1160. The lowest BCUT2D eigenvalue weighted by Crippen LogP contribution is -2.43. The van der Waals surface area contributed by atoms with E-state index >= 15 is 0 Å². The number of benzene rings is 1. The second kappa shape index (κ2) is 8.74. The Labute approximate surface area is 198 Å². The molecule has 1 amide bonds. The molecular formula is C25H31N3O4S. The highest BCUT2D eigenvalue weighted by Crippen LogP contribution is 2.43. The van der Waals surface area contributed by atoms with Gasteiger partial charge in [0.2, 0.25) is 0 Å². The SMILES string of the molecule is CCOc1cc2c(cc1OC(C)C)-n1c(-c3ccsc3)nc(C(=O)N(C)C(C)(C)C)c1CO2. The van der Waals surface area contributed by atoms with Crippen molar-refractivity contribution in [1.29, 1.82) is 0 Å². The number of thiophene rings is 1. The normalized spacial score (nSPS) is 12.7. The van der Waals surface area contributed by atoms with E-state index < -0.39 is 0 Å². The molecule has 0 saturated heterocycles. The summed E-state index contributed by atoms with van der Waals surface area (Å²) in [5, 5.41) is 4.04. The summed E-state index contributed by atoms with van der Waals surface area (Å²) in [5.41, 5.74) is 2.52. The number of ether oxygens (including phenoxy) is 3. The Morgan fingerprint density at radius 1 is 1.30 bits per heavy atom. The number of aromatic nitrogens is 2.